The van der Waals surface area contributed by atoms with Gasteiger partial charge in [0.2, 0.25) is 11.7 Å². The Morgan fingerprint density at radius 3 is 2.29 bits per heavy atom. The van der Waals surface area contributed by atoms with Crippen LogP contribution in [0.25, 0.3) is 0 Å². The number of carbonyl (C=O) groups is 1. The minimum absolute atomic E-state index is 0.231. The zero-order valence-electron chi connectivity index (χ0n) is 16.4. The fourth-order valence-corrected chi connectivity index (χ4v) is 6.32. The Hall–Kier alpha value is -2.02. The van der Waals surface area contributed by atoms with Crippen molar-refractivity contribution in [3.63, 3.8) is 0 Å². The summed E-state index contributed by atoms with van der Waals surface area (Å²) in [5, 5.41) is 17.0. The lowest BCUT2D eigenvalue weighted by molar-refractivity contribution is -0.387. The van der Waals surface area contributed by atoms with Gasteiger partial charge in [-0.05, 0) is 87.7 Å². The number of hydrogen-bond acceptors (Lipinski definition) is 4. The molecule has 152 valence electrons. The summed E-state index contributed by atoms with van der Waals surface area (Å²) < 4.78 is 13.5. The maximum atomic E-state index is 13.5. The highest BCUT2D eigenvalue weighted by molar-refractivity contribution is 5.94. The molecule has 0 heterocycles. The second kappa shape index (κ2) is 7.10. The minimum atomic E-state index is -0.912. The highest BCUT2D eigenvalue weighted by Gasteiger charge is 2.53. The molecule has 0 aliphatic heterocycles. The van der Waals surface area contributed by atoms with Gasteiger partial charge in [0.05, 0.1) is 11.0 Å². The highest BCUT2D eigenvalue weighted by Crippen LogP contribution is 2.61. The lowest BCUT2D eigenvalue weighted by Crippen LogP contribution is -2.57. The fraction of sp³-hybridized carbons (Fsp3) is 0.667. The van der Waals surface area contributed by atoms with Crippen LogP contribution in [0.3, 0.4) is 0 Å². The summed E-state index contributed by atoms with van der Waals surface area (Å²) in [5.74, 6) is 1.36. The molecule has 0 saturated heterocycles. The van der Waals surface area contributed by atoms with Crippen LogP contribution in [0.1, 0.15) is 52.4 Å². The number of nitrogens with zero attached hydrogens (tertiary/aromatic N) is 1. The first-order valence-electron chi connectivity index (χ1n) is 10.3. The van der Waals surface area contributed by atoms with Gasteiger partial charge in [0.25, 0.3) is 0 Å². The second-order valence-electron chi connectivity index (χ2n) is 9.30. The van der Waals surface area contributed by atoms with E-state index in [0.717, 1.165) is 29.9 Å². The molecule has 0 aromatic heterocycles. The number of benzene rings is 1. The Balaban J connectivity index is 1.40. The normalized spacial score (nSPS) is 32.8. The third-order valence-electron chi connectivity index (χ3n) is 7.31. The van der Waals surface area contributed by atoms with Gasteiger partial charge in [-0.1, -0.05) is 0 Å². The molecule has 1 aromatic rings. The van der Waals surface area contributed by atoms with Gasteiger partial charge in [-0.25, -0.2) is 0 Å². The molecule has 2 atom stereocenters. The Morgan fingerprint density at radius 2 is 1.75 bits per heavy atom. The van der Waals surface area contributed by atoms with Crippen molar-refractivity contribution in [2.24, 2.45) is 23.2 Å². The van der Waals surface area contributed by atoms with E-state index in [1.807, 2.05) is 6.92 Å². The summed E-state index contributed by atoms with van der Waals surface area (Å²) in [5.41, 5.74) is -0.118. The first kappa shape index (κ1) is 19.3. The van der Waals surface area contributed by atoms with Crippen LogP contribution in [0.2, 0.25) is 0 Å². The largest absolute Gasteiger partial charge is 0.324 e. The first-order valence-corrected chi connectivity index (χ1v) is 10.3. The molecule has 4 bridgehead atoms. The number of hydrogen-bond donors (Lipinski definition) is 2. The van der Waals surface area contributed by atoms with E-state index in [2.05, 4.69) is 17.6 Å². The number of rotatable bonds is 6. The van der Waals surface area contributed by atoms with Crippen molar-refractivity contribution in [1.29, 1.82) is 0 Å². The SMILES string of the molecule is C[C@@H](N[C@H](C)C12CC3CC(CC(C3)C1)C2)C(=O)Nc1ccc(F)c([N+](=O)[O-])c1. The number of amides is 1. The number of anilines is 1. The molecule has 7 heteroatoms. The quantitative estimate of drug-likeness (QED) is 0.562. The third-order valence-corrected chi connectivity index (χ3v) is 7.31. The molecular weight excluding hydrogens is 361 g/mol. The number of nitro groups is 1. The first-order chi connectivity index (χ1) is 13.3. The van der Waals surface area contributed by atoms with E-state index >= 15 is 0 Å². The summed E-state index contributed by atoms with van der Waals surface area (Å²) in [6.45, 7) is 4.00. The van der Waals surface area contributed by atoms with Crippen molar-refractivity contribution in [2.45, 2.75) is 64.5 Å². The molecule has 1 amide bonds. The van der Waals surface area contributed by atoms with E-state index in [9.17, 15) is 19.3 Å². The summed E-state index contributed by atoms with van der Waals surface area (Å²) in [6.07, 6.45) is 7.91. The van der Waals surface area contributed by atoms with Crippen LogP contribution < -0.4 is 10.6 Å². The van der Waals surface area contributed by atoms with Crippen LogP contribution >= 0.6 is 0 Å². The van der Waals surface area contributed by atoms with E-state index < -0.39 is 22.5 Å². The van der Waals surface area contributed by atoms with E-state index in [4.69, 9.17) is 0 Å². The number of halogens is 1. The van der Waals surface area contributed by atoms with Gasteiger partial charge >= 0.3 is 5.69 Å². The standard InChI is InChI=1S/C21H28FN3O3/c1-12(20(26)24-17-3-4-18(22)19(8-17)25(27)28)23-13(2)21-9-14-5-15(10-21)7-16(6-14)11-21/h3-4,8,12-16,23H,5-7,9-11H2,1-2H3,(H,24,26)/t12-,13-,14?,15?,16?,21?/m1/s1. The van der Waals surface area contributed by atoms with Crippen molar-refractivity contribution in [3.05, 3.63) is 34.1 Å². The monoisotopic (exact) mass is 389 g/mol. The molecule has 4 aliphatic rings. The number of carbonyl (C=O) groups excluding carboxylic acids is 1. The molecule has 2 N–H and O–H groups in total. The van der Waals surface area contributed by atoms with E-state index in [0.29, 0.717) is 0 Å². The molecule has 5 rings (SSSR count). The summed E-state index contributed by atoms with van der Waals surface area (Å²) in [4.78, 5) is 22.7. The average Bonchev–Trinajstić information content (AvgIpc) is 2.61. The Morgan fingerprint density at radius 1 is 1.18 bits per heavy atom. The summed E-state index contributed by atoms with van der Waals surface area (Å²) >= 11 is 0. The van der Waals surface area contributed by atoms with Crippen LogP contribution in [0, 0.1) is 39.1 Å². The second-order valence-corrected chi connectivity index (χ2v) is 9.30. The molecule has 0 spiro atoms. The van der Waals surface area contributed by atoms with E-state index in [-0.39, 0.29) is 23.1 Å². The maximum absolute atomic E-state index is 13.5. The van der Waals surface area contributed by atoms with Crippen LogP contribution in [0.4, 0.5) is 15.8 Å². The Labute approximate surface area is 164 Å². The van der Waals surface area contributed by atoms with Crippen LogP contribution in [0.15, 0.2) is 18.2 Å². The third kappa shape index (κ3) is 3.52. The zero-order valence-corrected chi connectivity index (χ0v) is 16.4. The number of nitro benzene ring substituents is 1. The predicted molar refractivity (Wildman–Crippen MR) is 104 cm³/mol. The molecule has 0 radical (unpaired) electrons. The van der Waals surface area contributed by atoms with Gasteiger partial charge in [0, 0.05) is 17.8 Å². The van der Waals surface area contributed by atoms with Crippen LogP contribution in [-0.2, 0) is 4.79 Å². The molecule has 1 aromatic carbocycles. The Kier molecular flexibility index (Phi) is 4.89. The lowest BCUT2D eigenvalue weighted by atomic mass is 9.48. The minimum Gasteiger partial charge on any atom is -0.324 e. The van der Waals surface area contributed by atoms with Gasteiger partial charge in [0.1, 0.15) is 0 Å². The van der Waals surface area contributed by atoms with Crippen molar-refractivity contribution in [1.82, 2.24) is 5.32 Å². The van der Waals surface area contributed by atoms with Gasteiger partial charge < -0.3 is 10.6 Å². The van der Waals surface area contributed by atoms with Gasteiger partial charge in [-0.2, -0.15) is 4.39 Å². The van der Waals surface area contributed by atoms with Crippen molar-refractivity contribution in [2.75, 3.05) is 5.32 Å². The van der Waals surface area contributed by atoms with Crippen molar-refractivity contribution in [3.8, 4) is 0 Å². The number of nitrogens with one attached hydrogen (secondary N) is 2. The van der Waals surface area contributed by atoms with Crippen molar-refractivity contribution >= 4 is 17.3 Å². The van der Waals surface area contributed by atoms with Crippen LogP contribution in [0.5, 0.6) is 0 Å². The van der Waals surface area contributed by atoms with E-state index in [1.54, 1.807) is 0 Å². The molecular formula is C21H28FN3O3. The average molecular weight is 389 g/mol. The van der Waals surface area contributed by atoms with Crippen LogP contribution in [-0.4, -0.2) is 22.9 Å². The molecule has 4 saturated carbocycles. The molecule has 0 unspecified atom stereocenters. The molecule has 6 nitrogen and oxygen atoms in total. The lowest BCUT2D eigenvalue weighted by Gasteiger charge is -2.59. The smallest absolute Gasteiger partial charge is 0.306 e. The summed E-state index contributed by atoms with van der Waals surface area (Å²) in [7, 11) is 0. The molecule has 4 fully saturated rings. The zero-order chi connectivity index (χ0) is 20.1. The molecule has 4 aliphatic carbocycles. The predicted octanol–water partition coefficient (Wildman–Crippen LogP) is 4.26. The maximum Gasteiger partial charge on any atom is 0.306 e. The fourth-order valence-electron chi connectivity index (χ4n) is 6.32. The van der Waals surface area contributed by atoms with Gasteiger partial charge in [0.15, 0.2) is 0 Å². The van der Waals surface area contributed by atoms with Gasteiger partial charge in [-0.15, -0.1) is 0 Å². The van der Waals surface area contributed by atoms with Gasteiger partial charge in [-0.3, -0.25) is 14.9 Å². The van der Waals surface area contributed by atoms with E-state index in [1.165, 1.54) is 44.6 Å². The summed E-state index contributed by atoms with van der Waals surface area (Å²) in [6, 6.07) is 3.21. The Bertz CT molecular complexity index is 762. The topological polar surface area (TPSA) is 84.3 Å². The van der Waals surface area contributed by atoms with Crippen molar-refractivity contribution < 1.29 is 14.1 Å². The molecule has 28 heavy (non-hydrogen) atoms. The highest BCUT2D eigenvalue weighted by atomic mass is 19.1.